The van der Waals surface area contributed by atoms with E-state index in [0.717, 1.165) is 38.2 Å². The van der Waals surface area contributed by atoms with Crippen LogP contribution in [0.3, 0.4) is 0 Å². The third kappa shape index (κ3) is 2.63. The summed E-state index contributed by atoms with van der Waals surface area (Å²) in [5, 5.41) is 1.50. The summed E-state index contributed by atoms with van der Waals surface area (Å²) >= 11 is 0. The summed E-state index contributed by atoms with van der Waals surface area (Å²) in [6.07, 6.45) is 5.58. The Hall–Kier alpha value is -2.13. The Morgan fingerprint density at radius 3 is 2.74 bits per heavy atom. The molecule has 0 radical (unpaired) electrons. The van der Waals surface area contributed by atoms with Gasteiger partial charge in [-0.3, -0.25) is 4.98 Å². The molecule has 1 aromatic carbocycles. The SMILES string of the molecule is Cc1cc2c3c(c1)c1c(n3CC(C)(c3ccc(C)nc3)CC2)CCN(C)C1. The van der Waals surface area contributed by atoms with E-state index >= 15 is 0 Å². The van der Waals surface area contributed by atoms with Crippen LogP contribution in [0.15, 0.2) is 30.5 Å². The fourth-order valence-electron chi connectivity index (χ4n) is 5.23. The molecule has 2 aliphatic heterocycles. The Morgan fingerprint density at radius 2 is 1.96 bits per heavy atom. The van der Waals surface area contributed by atoms with Crippen LogP contribution in [0.2, 0.25) is 0 Å². The number of hydrogen-bond donors (Lipinski definition) is 0. The molecule has 0 spiro atoms. The summed E-state index contributed by atoms with van der Waals surface area (Å²) in [6.45, 7) is 10.0. The van der Waals surface area contributed by atoms with Crippen molar-refractivity contribution in [2.24, 2.45) is 0 Å². The van der Waals surface area contributed by atoms with E-state index in [-0.39, 0.29) is 5.41 Å². The standard InChI is InChI=1S/C24H29N3/c1-16-11-18-7-9-24(3,19-6-5-17(2)25-13-19)15-27-22-8-10-26(4)14-21(22)20(12-16)23(18)27/h5-6,11-13H,7-10,14-15H2,1-4H3. The molecule has 2 aromatic heterocycles. The number of rotatable bonds is 1. The van der Waals surface area contributed by atoms with Crippen molar-refractivity contribution in [3.63, 3.8) is 0 Å². The van der Waals surface area contributed by atoms with Gasteiger partial charge in [0, 0.05) is 54.4 Å². The predicted octanol–water partition coefficient (Wildman–Crippen LogP) is 4.55. The third-order valence-electron chi connectivity index (χ3n) is 6.82. The minimum Gasteiger partial charge on any atom is -0.343 e. The van der Waals surface area contributed by atoms with Crippen molar-refractivity contribution in [1.82, 2.24) is 14.5 Å². The molecule has 1 unspecified atom stereocenters. The highest BCUT2D eigenvalue weighted by Crippen LogP contribution is 2.41. The minimum atomic E-state index is 0.122. The Labute approximate surface area is 162 Å². The van der Waals surface area contributed by atoms with Crippen molar-refractivity contribution >= 4 is 10.9 Å². The number of hydrogen-bond acceptors (Lipinski definition) is 2. The van der Waals surface area contributed by atoms with E-state index in [1.165, 1.54) is 34.0 Å². The van der Waals surface area contributed by atoms with Crippen LogP contribution >= 0.6 is 0 Å². The number of pyridine rings is 1. The van der Waals surface area contributed by atoms with E-state index < -0.39 is 0 Å². The van der Waals surface area contributed by atoms with E-state index in [9.17, 15) is 0 Å². The van der Waals surface area contributed by atoms with Crippen molar-refractivity contribution in [2.45, 2.75) is 58.5 Å². The Morgan fingerprint density at radius 1 is 1.11 bits per heavy atom. The van der Waals surface area contributed by atoms with E-state index in [4.69, 9.17) is 0 Å². The lowest BCUT2D eigenvalue weighted by Gasteiger charge is -2.31. The second-order valence-electron chi connectivity index (χ2n) is 9.07. The Kier molecular flexibility index (Phi) is 3.74. The zero-order valence-electron chi connectivity index (χ0n) is 17.0. The van der Waals surface area contributed by atoms with Gasteiger partial charge in [0.05, 0.1) is 5.52 Å². The Balaban J connectivity index is 1.72. The first-order chi connectivity index (χ1) is 12.9. The number of fused-ring (bicyclic) bond motifs is 3. The van der Waals surface area contributed by atoms with Crippen LogP contribution in [0.4, 0.5) is 0 Å². The smallest absolute Gasteiger partial charge is 0.0518 e. The molecule has 27 heavy (non-hydrogen) atoms. The summed E-state index contributed by atoms with van der Waals surface area (Å²) in [5.74, 6) is 0. The van der Waals surface area contributed by atoms with Gasteiger partial charge in [-0.05, 0) is 62.6 Å². The summed E-state index contributed by atoms with van der Waals surface area (Å²) in [7, 11) is 2.25. The van der Waals surface area contributed by atoms with Gasteiger partial charge in [-0.2, -0.15) is 0 Å². The first kappa shape index (κ1) is 17.0. The van der Waals surface area contributed by atoms with Crippen molar-refractivity contribution < 1.29 is 0 Å². The van der Waals surface area contributed by atoms with Crippen LogP contribution in [-0.2, 0) is 31.3 Å². The molecule has 0 bridgehead atoms. The third-order valence-corrected chi connectivity index (χ3v) is 6.82. The highest BCUT2D eigenvalue weighted by atomic mass is 15.1. The first-order valence-corrected chi connectivity index (χ1v) is 10.2. The zero-order chi connectivity index (χ0) is 18.8. The molecule has 0 amide bonds. The fraction of sp³-hybridized carbons (Fsp3) is 0.458. The van der Waals surface area contributed by atoms with Crippen LogP contribution in [0.25, 0.3) is 10.9 Å². The molecule has 0 fully saturated rings. The lowest BCUT2D eigenvalue weighted by molar-refractivity contribution is 0.303. The van der Waals surface area contributed by atoms with Gasteiger partial charge in [0.25, 0.3) is 0 Å². The van der Waals surface area contributed by atoms with E-state index in [1.807, 2.05) is 0 Å². The van der Waals surface area contributed by atoms with Crippen LogP contribution in [0.5, 0.6) is 0 Å². The van der Waals surface area contributed by atoms with Gasteiger partial charge in [-0.25, -0.2) is 0 Å². The molecule has 3 aromatic rings. The number of aromatic nitrogens is 2. The predicted molar refractivity (Wildman–Crippen MR) is 111 cm³/mol. The van der Waals surface area contributed by atoms with Gasteiger partial charge in [-0.1, -0.05) is 24.6 Å². The molecule has 0 aliphatic carbocycles. The summed E-state index contributed by atoms with van der Waals surface area (Å²) in [5.41, 5.74) is 10.2. The van der Waals surface area contributed by atoms with Gasteiger partial charge in [0.1, 0.15) is 0 Å². The first-order valence-electron chi connectivity index (χ1n) is 10.2. The molecule has 1 atom stereocenters. The van der Waals surface area contributed by atoms with Gasteiger partial charge >= 0.3 is 0 Å². The van der Waals surface area contributed by atoms with Gasteiger partial charge in [0.2, 0.25) is 0 Å². The van der Waals surface area contributed by atoms with Crippen molar-refractivity contribution in [3.8, 4) is 0 Å². The Bertz CT molecular complexity index is 1030. The molecular weight excluding hydrogens is 330 g/mol. The highest BCUT2D eigenvalue weighted by Gasteiger charge is 2.34. The largest absolute Gasteiger partial charge is 0.343 e. The molecule has 5 rings (SSSR count). The maximum Gasteiger partial charge on any atom is 0.0518 e. The monoisotopic (exact) mass is 359 g/mol. The normalized spacial score (nSPS) is 22.7. The maximum absolute atomic E-state index is 4.61. The molecule has 0 N–H and O–H groups in total. The zero-order valence-corrected chi connectivity index (χ0v) is 17.0. The summed E-state index contributed by atoms with van der Waals surface area (Å²) < 4.78 is 2.68. The second kappa shape index (κ2) is 5.93. The second-order valence-corrected chi connectivity index (χ2v) is 9.07. The molecule has 0 saturated heterocycles. The molecule has 3 nitrogen and oxygen atoms in total. The van der Waals surface area contributed by atoms with Gasteiger partial charge in [0.15, 0.2) is 0 Å². The quantitative estimate of drug-likeness (QED) is 0.636. The number of aryl methyl sites for hydroxylation is 3. The number of nitrogens with zero attached hydrogens (tertiary/aromatic N) is 3. The van der Waals surface area contributed by atoms with E-state index in [1.54, 1.807) is 11.3 Å². The van der Waals surface area contributed by atoms with Gasteiger partial charge < -0.3 is 9.47 Å². The molecule has 140 valence electrons. The van der Waals surface area contributed by atoms with Crippen LogP contribution in [0.1, 0.15) is 47.0 Å². The minimum absolute atomic E-state index is 0.122. The lowest BCUT2D eigenvalue weighted by Crippen LogP contribution is -2.31. The lowest BCUT2D eigenvalue weighted by atomic mass is 9.78. The average Bonchev–Trinajstić information content (AvgIpc) is 2.83. The van der Waals surface area contributed by atoms with Crippen molar-refractivity contribution in [2.75, 3.05) is 13.6 Å². The van der Waals surface area contributed by atoms with Crippen molar-refractivity contribution in [3.05, 3.63) is 64.1 Å². The van der Waals surface area contributed by atoms with Gasteiger partial charge in [-0.15, -0.1) is 0 Å². The number of likely N-dealkylation sites (N-methyl/N-ethyl adjacent to an activating group) is 1. The fourth-order valence-corrected chi connectivity index (χ4v) is 5.23. The maximum atomic E-state index is 4.61. The molecule has 3 heteroatoms. The average molecular weight is 360 g/mol. The summed E-state index contributed by atoms with van der Waals surface area (Å²) in [6, 6.07) is 9.31. The topological polar surface area (TPSA) is 21.1 Å². The van der Waals surface area contributed by atoms with E-state index in [0.29, 0.717) is 0 Å². The summed E-state index contributed by atoms with van der Waals surface area (Å²) in [4.78, 5) is 7.07. The van der Waals surface area contributed by atoms with Crippen molar-refractivity contribution in [1.29, 1.82) is 0 Å². The van der Waals surface area contributed by atoms with E-state index in [2.05, 4.69) is 72.7 Å². The van der Waals surface area contributed by atoms with Crippen LogP contribution in [-0.4, -0.2) is 28.0 Å². The molecule has 2 aliphatic rings. The molecule has 0 saturated carbocycles. The highest BCUT2D eigenvalue weighted by molar-refractivity contribution is 5.89. The number of benzene rings is 1. The van der Waals surface area contributed by atoms with Crippen LogP contribution < -0.4 is 0 Å². The molecule has 4 heterocycles. The molecular formula is C24H29N3. The van der Waals surface area contributed by atoms with Crippen LogP contribution in [0, 0.1) is 13.8 Å².